The zero-order chi connectivity index (χ0) is 15.9. The molecular formula is C15H19FN4O2. The molecule has 118 valence electrons. The van der Waals surface area contributed by atoms with E-state index in [9.17, 15) is 9.18 Å². The third-order valence-electron chi connectivity index (χ3n) is 3.06. The van der Waals surface area contributed by atoms with Crippen molar-refractivity contribution in [1.29, 1.82) is 0 Å². The molecule has 1 aromatic heterocycles. The Kier molecular flexibility index (Phi) is 5.48. The summed E-state index contributed by atoms with van der Waals surface area (Å²) in [6.45, 7) is -0.564. The molecule has 0 radical (unpaired) electrons. The average Bonchev–Trinajstić information content (AvgIpc) is 2.92. The van der Waals surface area contributed by atoms with Crippen molar-refractivity contribution in [1.82, 2.24) is 15.1 Å². The Morgan fingerprint density at radius 1 is 1.50 bits per heavy atom. The van der Waals surface area contributed by atoms with Crippen LogP contribution in [0.4, 0.5) is 10.1 Å². The summed E-state index contributed by atoms with van der Waals surface area (Å²) in [5, 5.41) is 9.82. The van der Waals surface area contributed by atoms with Crippen molar-refractivity contribution < 1.29 is 13.9 Å². The van der Waals surface area contributed by atoms with E-state index in [-0.39, 0.29) is 12.5 Å². The molecule has 6 nitrogen and oxygen atoms in total. The molecule has 1 aromatic carbocycles. The number of carbonyl (C=O) groups excluding carboxylic acids is 1. The second-order valence-electron chi connectivity index (χ2n) is 4.72. The summed E-state index contributed by atoms with van der Waals surface area (Å²) in [6.07, 6.45) is 3.42. The number of likely N-dealkylation sites (N-methyl/N-ethyl adjacent to an activating group) is 1. The van der Waals surface area contributed by atoms with E-state index in [1.807, 2.05) is 0 Å². The predicted molar refractivity (Wildman–Crippen MR) is 81.6 cm³/mol. The lowest BCUT2D eigenvalue weighted by molar-refractivity contribution is -0.118. The highest BCUT2D eigenvalue weighted by Crippen LogP contribution is 2.19. The Hall–Kier alpha value is -2.41. The number of aromatic nitrogens is 2. The van der Waals surface area contributed by atoms with Gasteiger partial charge in [0, 0.05) is 30.6 Å². The quantitative estimate of drug-likeness (QED) is 0.816. The monoisotopic (exact) mass is 306 g/mol. The number of amides is 1. The molecule has 0 fully saturated rings. The second kappa shape index (κ2) is 7.56. The minimum absolute atomic E-state index is 0.00771. The Morgan fingerprint density at radius 2 is 2.32 bits per heavy atom. The first-order valence-corrected chi connectivity index (χ1v) is 6.89. The fourth-order valence-corrected chi connectivity index (χ4v) is 2.07. The number of nitrogens with zero attached hydrogens (tertiary/aromatic N) is 2. The SMILES string of the molecule is CNC(C(=O)Nc1cccc(OCCF)c1)c1cnn(C)c1. The van der Waals surface area contributed by atoms with Crippen LogP contribution in [0.3, 0.4) is 0 Å². The van der Waals surface area contributed by atoms with Crippen LogP contribution in [0.25, 0.3) is 0 Å². The molecule has 2 N–H and O–H groups in total. The Bertz CT molecular complexity index is 630. The molecule has 1 amide bonds. The van der Waals surface area contributed by atoms with Crippen LogP contribution in [0.1, 0.15) is 11.6 Å². The van der Waals surface area contributed by atoms with Crippen LogP contribution in [-0.4, -0.2) is 36.0 Å². The van der Waals surface area contributed by atoms with Crippen molar-refractivity contribution in [3.05, 3.63) is 42.2 Å². The molecule has 2 rings (SSSR count). The number of halogens is 1. The van der Waals surface area contributed by atoms with Crippen LogP contribution >= 0.6 is 0 Å². The number of hydrogen-bond donors (Lipinski definition) is 2. The van der Waals surface area contributed by atoms with E-state index in [4.69, 9.17) is 4.74 Å². The van der Waals surface area contributed by atoms with Gasteiger partial charge in [0.05, 0.1) is 6.20 Å². The lowest BCUT2D eigenvalue weighted by Gasteiger charge is -2.15. The molecule has 1 unspecified atom stereocenters. The van der Waals surface area contributed by atoms with Crippen LogP contribution in [0, 0.1) is 0 Å². The van der Waals surface area contributed by atoms with Gasteiger partial charge in [-0.2, -0.15) is 5.10 Å². The first-order chi connectivity index (χ1) is 10.6. The molecule has 0 aliphatic heterocycles. The number of rotatable bonds is 7. The van der Waals surface area contributed by atoms with E-state index in [1.54, 1.807) is 55.4 Å². The number of anilines is 1. The number of ether oxygens (including phenoxy) is 1. The van der Waals surface area contributed by atoms with Crippen molar-refractivity contribution in [3.63, 3.8) is 0 Å². The summed E-state index contributed by atoms with van der Waals surface area (Å²) in [6, 6.07) is 6.34. The summed E-state index contributed by atoms with van der Waals surface area (Å²) in [4.78, 5) is 12.4. The van der Waals surface area contributed by atoms with Crippen molar-refractivity contribution in [2.45, 2.75) is 6.04 Å². The van der Waals surface area contributed by atoms with Gasteiger partial charge >= 0.3 is 0 Å². The smallest absolute Gasteiger partial charge is 0.246 e. The largest absolute Gasteiger partial charge is 0.491 e. The average molecular weight is 306 g/mol. The molecule has 22 heavy (non-hydrogen) atoms. The van der Waals surface area contributed by atoms with Crippen LogP contribution in [-0.2, 0) is 11.8 Å². The van der Waals surface area contributed by atoms with E-state index in [1.165, 1.54) is 0 Å². The Morgan fingerprint density at radius 3 is 2.95 bits per heavy atom. The van der Waals surface area contributed by atoms with Crippen molar-refractivity contribution in [2.24, 2.45) is 7.05 Å². The number of aryl methyl sites for hydroxylation is 1. The zero-order valence-corrected chi connectivity index (χ0v) is 12.5. The second-order valence-corrected chi connectivity index (χ2v) is 4.72. The van der Waals surface area contributed by atoms with Gasteiger partial charge in [0.15, 0.2) is 0 Å². The van der Waals surface area contributed by atoms with Gasteiger partial charge in [-0.1, -0.05) is 6.07 Å². The summed E-state index contributed by atoms with van der Waals surface area (Å²) in [5.74, 6) is 0.302. The van der Waals surface area contributed by atoms with Gasteiger partial charge in [0.1, 0.15) is 25.1 Å². The van der Waals surface area contributed by atoms with Gasteiger partial charge < -0.3 is 15.4 Å². The van der Waals surface area contributed by atoms with E-state index >= 15 is 0 Å². The molecule has 1 atom stereocenters. The molecule has 0 aliphatic carbocycles. The highest BCUT2D eigenvalue weighted by atomic mass is 19.1. The lowest BCUT2D eigenvalue weighted by Crippen LogP contribution is -2.30. The van der Waals surface area contributed by atoms with Crippen LogP contribution in [0.2, 0.25) is 0 Å². The summed E-state index contributed by atoms with van der Waals surface area (Å²) in [7, 11) is 3.50. The van der Waals surface area contributed by atoms with Crippen molar-refractivity contribution in [2.75, 3.05) is 25.6 Å². The number of hydrogen-bond acceptors (Lipinski definition) is 4. The molecule has 0 spiro atoms. The van der Waals surface area contributed by atoms with Crippen molar-refractivity contribution in [3.8, 4) is 5.75 Å². The molecule has 0 saturated heterocycles. The lowest BCUT2D eigenvalue weighted by atomic mass is 10.1. The highest BCUT2D eigenvalue weighted by Gasteiger charge is 2.20. The first kappa shape index (κ1) is 16.0. The first-order valence-electron chi connectivity index (χ1n) is 6.89. The van der Waals surface area contributed by atoms with E-state index in [0.717, 1.165) is 5.56 Å². The van der Waals surface area contributed by atoms with Crippen LogP contribution in [0.15, 0.2) is 36.7 Å². The minimum Gasteiger partial charge on any atom is -0.491 e. The van der Waals surface area contributed by atoms with E-state index in [2.05, 4.69) is 15.7 Å². The summed E-state index contributed by atoms with van der Waals surface area (Å²) >= 11 is 0. The molecule has 0 saturated carbocycles. The van der Waals surface area contributed by atoms with Gasteiger partial charge in [-0.15, -0.1) is 0 Å². The van der Waals surface area contributed by atoms with Crippen LogP contribution in [0.5, 0.6) is 5.75 Å². The fraction of sp³-hybridized carbons (Fsp3) is 0.333. The maximum absolute atomic E-state index is 12.4. The van der Waals surface area contributed by atoms with E-state index < -0.39 is 12.7 Å². The molecule has 7 heteroatoms. The minimum atomic E-state index is -0.556. The maximum atomic E-state index is 12.4. The van der Waals surface area contributed by atoms with E-state index in [0.29, 0.717) is 11.4 Å². The topological polar surface area (TPSA) is 68.2 Å². The van der Waals surface area contributed by atoms with Gasteiger partial charge in [-0.05, 0) is 19.2 Å². The number of carbonyl (C=O) groups is 1. The molecular weight excluding hydrogens is 287 g/mol. The number of alkyl halides is 1. The Labute approximate surface area is 128 Å². The van der Waals surface area contributed by atoms with Gasteiger partial charge in [0.2, 0.25) is 5.91 Å². The number of benzene rings is 1. The third-order valence-corrected chi connectivity index (χ3v) is 3.06. The number of nitrogens with one attached hydrogen (secondary N) is 2. The summed E-state index contributed by atoms with van der Waals surface area (Å²) < 4.78 is 19.0. The highest BCUT2D eigenvalue weighted by molar-refractivity contribution is 5.95. The molecule has 0 aliphatic rings. The fourth-order valence-electron chi connectivity index (χ4n) is 2.07. The van der Waals surface area contributed by atoms with Gasteiger partial charge in [0.25, 0.3) is 0 Å². The molecule has 1 heterocycles. The molecule has 0 bridgehead atoms. The predicted octanol–water partition coefficient (Wildman–Crippen LogP) is 1.67. The summed E-state index contributed by atoms with van der Waals surface area (Å²) in [5.41, 5.74) is 1.36. The van der Waals surface area contributed by atoms with Gasteiger partial charge in [-0.25, -0.2) is 4.39 Å². The maximum Gasteiger partial charge on any atom is 0.246 e. The van der Waals surface area contributed by atoms with Crippen molar-refractivity contribution >= 4 is 11.6 Å². The Balaban J connectivity index is 2.07. The third kappa shape index (κ3) is 4.05. The normalized spacial score (nSPS) is 12.0. The standard InChI is InChI=1S/C15H19FN4O2/c1-17-14(11-9-18-20(2)10-11)15(21)19-12-4-3-5-13(8-12)22-7-6-16/h3-5,8-10,14,17H,6-7H2,1-2H3,(H,19,21). The van der Waals surface area contributed by atoms with Gasteiger partial charge in [-0.3, -0.25) is 9.48 Å². The zero-order valence-electron chi connectivity index (χ0n) is 12.5. The van der Waals surface area contributed by atoms with Crippen LogP contribution < -0.4 is 15.4 Å². The molecule has 2 aromatic rings.